The van der Waals surface area contributed by atoms with Crippen LogP contribution in [0.3, 0.4) is 0 Å². The number of aromatic nitrogens is 2. The van der Waals surface area contributed by atoms with Crippen LogP contribution < -0.4 is 5.73 Å². The molecule has 5 nitrogen and oxygen atoms in total. The van der Waals surface area contributed by atoms with Gasteiger partial charge in [0.2, 0.25) is 0 Å². The number of benzene rings is 1. The number of likely N-dealkylation sites (tertiary alicyclic amines) is 1. The number of hydrogen-bond acceptors (Lipinski definition) is 3. The molecular formula is C18H23ClN4O. The topological polar surface area (TPSA) is 64.2 Å². The number of hydrogen-bond donors (Lipinski definition) is 1. The van der Waals surface area contributed by atoms with Crippen LogP contribution >= 0.6 is 11.6 Å². The summed E-state index contributed by atoms with van der Waals surface area (Å²) in [6, 6.07) is 7.55. The summed E-state index contributed by atoms with van der Waals surface area (Å²) in [6.07, 6.45) is 3.62. The summed E-state index contributed by atoms with van der Waals surface area (Å²) >= 11 is 6.06. The molecule has 0 spiro atoms. The SMILES string of the molecule is Cc1c(C(=O)N2CCC(C)CC2CN)cnn1-c1cccc(Cl)c1. The predicted molar refractivity (Wildman–Crippen MR) is 95.6 cm³/mol. The fourth-order valence-corrected chi connectivity index (χ4v) is 3.57. The molecule has 3 rings (SSSR count). The normalized spacial score (nSPS) is 21.1. The van der Waals surface area contributed by atoms with Crippen molar-refractivity contribution in [2.75, 3.05) is 13.1 Å². The Kier molecular flexibility index (Phi) is 4.92. The Labute approximate surface area is 147 Å². The monoisotopic (exact) mass is 346 g/mol. The van der Waals surface area contributed by atoms with Crippen LogP contribution in [0.2, 0.25) is 5.02 Å². The third kappa shape index (κ3) is 3.19. The van der Waals surface area contributed by atoms with E-state index in [1.807, 2.05) is 36.1 Å². The maximum Gasteiger partial charge on any atom is 0.257 e. The first-order valence-corrected chi connectivity index (χ1v) is 8.70. The molecule has 1 saturated heterocycles. The molecule has 1 amide bonds. The smallest absolute Gasteiger partial charge is 0.257 e. The highest BCUT2D eigenvalue weighted by Gasteiger charge is 2.31. The summed E-state index contributed by atoms with van der Waals surface area (Å²) in [7, 11) is 0. The van der Waals surface area contributed by atoms with Gasteiger partial charge in [0.05, 0.1) is 23.1 Å². The summed E-state index contributed by atoms with van der Waals surface area (Å²) in [6.45, 7) is 5.37. The Balaban J connectivity index is 1.89. The molecule has 1 aromatic carbocycles. The minimum atomic E-state index is 0.0168. The number of halogens is 1. The van der Waals surface area contributed by atoms with Crippen LogP contribution in [0.1, 0.15) is 35.8 Å². The largest absolute Gasteiger partial charge is 0.334 e. The maximum atomic E-state index is 13.0. The third-order valence-electron chi connectivity index (χ3n) is 4.80. The Morgan fingerprint density at radius 3 is 2.96 bits per heavy atom. The molecule has 1 aliphatic rings. The highest BCUT2D eigenvalue weighted by molar-refractivity contribution is 6.30. The van der Waals surface area contributed by atoms with Crippen LogP contribution in [0.25, 0.3) is 5.69 Å². The van der Waals surface area contributed by atoms with Gasteiger partial charge in [0.15, 0.2) is 0 Å². The van der Waals surface area contributed by atoms with E-state index >= 15 is 0 Å². The Morgan fingerprint density at radius 1 is 1.46 bits per heavy atom. The van der Waals surface area contributed by atoms with E-state index in [1.54, 1.807) is 10.9 Å². The molecule has 0 radical (unpaired) electrons. The molecule has 2 aromatic rings. The van der Waals surface area contributed by atoms with Crippen LogP contribution in [0.5, 0.6) is 0 Å². The zero-order valence-corrected chi connectivity index (χ0v) is 14.8. The van der Waals surface area contributed by atoms with Crippen molar-refractivity contribution in [1.29, 1.82) is 0 Å². The van der Waals surface area contributed by atoms with Crippen LogP contribution in [-0.4, -0.2) is 39.7 Å². The van der Waals surface area contributed by atoms with Gasteiger partial charge in [-0.05, 0) is 43.9 Å². The molecule has 1 aliphatic heterocycles. The van der Waals surface area contributed by atoms with E-state index in [2.05, 4.69) is 12.0 Å². The lowest BCUT2D eigenvalue weighted by Crippen LogP contribution is -2.49. The van der Waals surface area contributed by atoms with Gasteiger partial charge in [-0.25, -0.2) is 4.68 Å². The molecule has 0 bridgehead atoms. The zero-order valence-electron chi connectivity index (χ0n) is 14.1. The van der Waals surface area contributed by atoms with Crippen molar-refractivity contribution in [3.8, 4) is 5.69 Å². The number of rotatable bonds is 3. The molecule has 128 valence electrons. The molecular weight excluding hydrogens is 324 g/mol. The van der Waals surface area contributed by atoms with Crippen molar-refractivity contribution in [1.82, 2.24) is 14.7 Å². The maximum absolute atomic E-state index is 13.0. The van der Waals surface area contributed by atoms with Crippen molar-refractivity contribution >= 4 is 17.5 Å². The molecule has 24 heavy (non-hydrogen) atoms. The molecule has 2 unspecified atom stereocenters. The van der Waals surface area contributed by atoms with E-state index in [-0.39, 0.29) is 11.9 Å². The Bertz CT molecular complexity index is 742. The molecule has 1 aromatic heterocycles. The van der Waals surface area contributed by atoms with Gasteiger partial charge >= 0.3 is 0 Å². The van der Waals surface area contributed by atoms with E-state index in [0.29, 0.717) is 23.0 Å². The van der Waals surface area contributed by atoms with Crippen LogP contribution in [0, 0.1) is 12.8 Å². The summed E-state index contributed by atoms with van der Waals surface area (Å²) in [5.41, 5.74) is 8.19. The van der Waals surface area contributed by atoms with Gasteiger partial charge in [-0.2, -0.15) is 5.10 Å². The van der Waals surface area contributed by atoms with Gasteiger partial charge in [0.1, 0.15) is 0 Å². The van der Waals surface area contributed by atoms with Crippen molar-refractivity contribution in [3.05, 3.63) is 46.7 Å². The molecule has 2 atom stereocenters. The average Bonchev–Trinajstić information content (AvgIpc) is 2.95. The first kappa shape index (κ1) is 17.0. The second-order valence-electron chi connectivity index (χ2n) is 6.55. The fraction of sp³-hybridized carbons (Fsp3) is 0.444. The lowest BCUT2D eigenvalue weighted by atomic mass is 9.92. The number of carbonyl (C=O) groups is 1. The number of nitrogens with zero attached hydrogens (tertiary/aromatic N) is 3. The van der Waals surface area contributed by atoms with Gasteiger partial charge in [-0.3, -0.25) is 4.79 Å². The van der Waals surface area contributed by atoms with Crippen molar-refractivity contribution in [3.63, 3.8) is 0 Å². The zero-order chi connectivity index (χ0) is 17.3. The highest BCUT2D eigenvalue weighted by Crippen LogP contribution is 2.25. The van der Waals surface area contributed by atoms with Gasteiger partial charge in [0, 0.05) is 24.2 Å². The second kappa shape index (κ2) is 6.95. The number of piperidine rings is 1. The van der Waals surface area contributed by atoms with Crippen molar-refractivity contribution < 1.29 is 4.79 Å². The number of amides is 1. The third-order valence-corrected chi connectivity index (χ3v) is 5.04. The van der Waals surface area contributed by atoms with Crippen LogP contribution in [0.15, 0.2) is 30.5 Å². The number of nitrogens with two attached hydrogens (primary N) is 1. The van der Waals surface area contributed by atoms with Crippen molar-refractivity contribution in [2.24, 2.45) is 11.7 Å². The summed E-state index contributed by atoms with van der Waals surface area (Å²) in [5, 5.41) is 5.03. The molecule has 0 saturated carbocycles. The lowest BCUT2D eigenvalue weighted by molar-refractivity contribution is 0.0573. The van der Waals surface area contributed by atoms with E-state index in [9.17, 15) is 4.79 Å². The van der Waals surface area contributed by atoms with Crippen molar-refractivity contribution in [2.45, 2.75) is 32.7 Å². The minimum Gasteiger partial charge on any atom is -0.334 e. The average molecular weight is 347 g/mol. The summed E-state index contributed by atoms with van der Waals surface area (Å²) in [4.78, 5) is 14.9. The predicted octanol–water partition coefficient (Wildman–Crippen LogP) is 3.03. The molecule has 0 aliphatic carbocycles. The second-order valence-corrected chi connectivity index (χ2v) is 6.99. The minimum absolute atomic E-state index is 0.0168. The van der Waals surface area contributed by atoms with E-state index in [1.165, 1.54) is 0 Å². The summed E-state index contributed by atoms with van der Waals surface area (Å²) < 4.78 is 1.75. The lowest BCUT2D eigenvalue weighted by Gasteiger charge is -2.38. The van der Waals surface area contributed by atoms with E-state index < -0.39 is 0 Å². The van der Waals surface area contributed by atoms with E-state index in [4.69, 9.17) is 17.3 Å². The van der Waals surface area contributed by atoms with Crippen LogP contribution in [-0.2, 0) is 0 Å². The first-order valence-electron chi connectivity index (χ1n) is 8.33. The van der Waals surface area contributed by atoms with Gasteiger partial charge in [-0.1, -0.05) is 24.6 Å². The Morgan fingerprint density at radius 2 is 2.25 bits per heavy atom. The quantitative estimate of drug-likeness (QED) is 0.929. The van der Waals surface area contributed by atoms with Gasteiger partial charge in [0.25, 0.3) is 5.91 Å². The van der Waals surface area contributed by atoms with Crippen LogP contribution in [0.4, 0.5) is 0 Å². The van der Waals surface area contributed by atoms with Gasteiger partial charge in [-0.15, -0.1) is 0 Å². The fourth-order valence-electron chi connectivity index (χ4n) is 3.38. The first-order chi connectivity index (χ1) is 11.5. The highest BCUT2D eigenvalue weighted by atomic mass is 35.5. The van der Waals surface area contributed by atoms with E-state index in [0.717, 1.165) is 30.8 Å². The van der Waals surface area contributed by atoms with Gasteiger partial charge < -0.3 is 10.6 Å². The number of carbonyl (C=O) groups excluding carboxylic acids is 1. The Hall–Kier alpha value is -1.85. The standard InChI is InChI=1S/C18H23ClN4O/c1-12-6-7-22(16(8-12)10-20)18(24)17-11-21-23(13(17)2)15-5-3-4-14(19)9-15/h3-5,9,11-12,16H,6-8,10,20H2,1-2H3. The molecule has 1 fully saturated rings. The summed E-state index contributed by atoms with van der Waals surface area (Å²) in [5.74, 6) is 0.626. The molecule has 2 heterocycles. The molecule has 6 heteroatoms. The molecule has 2 N–H and O–H groups in total.